The van der Waals surface area contributed by atoms with Crippen molar-refractivity contribution in [3.8, 4) is 11.1 Å². The number of rotatable bonds is 3. The molecule has 0 aromatic heterocycles. The smallest absolute Gasteiger partial charge is 0.130 e. The van der Waals surface area contributed by atoms with Crippen LogP contribution in [-0.2, 0) is 11.2 Å². The van der Waals surface area contributed by atoms with Crippen molar-refractivity contribution in [3.05, 3.63) is 72.3 Å². The molecule has 0 atom stereocenters. The Kier molecular flexibility index (Phi) is 3.34. The van der Waals surface area contributed by atoms with Crippen molar-refractivity contribution in [2.75, 3.05) is 0 Å². The highest BCUT2D eigenvalue weighted by Crippen LogP contribution is 2.42. The Hall–Kier alpha value is -2.67. The van der Waals surface area contributed by atoms with Crippen LogP contribution in [0.2, 0.25) is 0 Å². The predicted molar refractivity (Wildman–Crippen MR) is 97.1 cm³/mol. The molecule has 4 rings (SSSR count). The maximum Gasteiger partial charge on any atom is 0.130 e. The number of carbonyl (C=O) groups is 1. The van der Waals surface area contributed by atoms with Crippen molar-refractivity contribution in [3.63, 3.8) is 0 Å². The average molecular weight is 298 g/mol. The van der Waals surface area contributed by atoms with Crippen LogP contribution in [-0.4, -0.2) is 5.78 Å². The molecule has 23 heavy (non-hydrogen) atoms. The molecule has 0 heterocycles. The molecule has 0 saturated heterocycles. The maximum absolute atomic E-state index is 11.5. The zero-order valence-corrected chi connectivity index (χ0v) is 13.2. The lowest BCUT2D eigenvalue weighted by atomic mass is 9.99. The van der Waals surface area contributed by atoms with E-state index in [2.05, 4.69) is 66.7 Å². The first kappa shape index (κ1) is 14.0. The van der Waals surface area contributed by atoms with Crippen LogP contribution in [0.1, 0.15) is 18.9 Å². The summed E-state index contributed by atoms with van der Waals surface area (Å²) in [5.74, 6) is 0.244. The zero-order chi connectivity index (χ0) is 15.8. The monoisotopic (exact) mass is 298 g/mol. The number of aryl methyl sites for hydroxylation is 1. The van der Waals surface area contributed by atoms with Crippen LogP contribution in [0, 0.1) is 0 Å². The summed E-state index contributed by atoms with van der Waals surface area (Å²) in [7, 11) is 0. The maximum atomic E-state index is 11.5. The number of carbonyl (C=O) groups excluding carboxylic acids is 1. The van der Waals surface area contributed by atoms with E-state index >= 15 is 0 Å². The van der Waals surface area contributed by atoms with Gasteiger partial charge >= 0.3 is 0 Å². The summed E-state index contributed by atoms with van der Waals surface area (Å²) in [4.78, 5) is 11.5. The van der Waals surface area contributed by atoms with Gasteiger partial charge in [0.25, 0.3) is 0 Å². The highest BCUT2D eigenvalue weighted by Gasteiger charge is 2.18. The number of Topliss-reactive ketones (excluding diaryl/α,β-unsaturated/α-hetero) is 1. The van der Waals surface area contributed by atoms with Gasteiger partial charge in [-0.25, -0.2) is 0 Å². The number of hydrogen-bond donors (Lipinski definition) is 0. The van der Waals surface area contributed by atoms with Gasteiger partial charge < -0.3 is 4.79 Å². The molecule has 1 heteroatoms. The summed E-state index contributed by atoms with van der Waals surface area (Å²) >= 11 is 0. The normalized spacial score (nSPS) is 11.3. The topological polar surface area (TPSA) is 17.1 Å². The molecular formula is C22H18O. The van der Waals surface area contributed by atoms with Gasteiger partial charge in [0.05, 0.1) is 0 Å². The van der Waals surface area contributed by atoms with Crippen LogP contribution in [0.5, 0.6) is 0 Å². The van der Waals surface area contributed by atoms with E-state index in [4.69, 9.17) is 0 Å². The van der Waals surface area contributed by atoms with Crippen LogP contribution in [0.4, 0.5) is 0 Å². The number of fused-ring (bicyclic) bond motifs is 5. The van der Waals surface area contributed by atoms with E-state index in [9.17, 15) is 4.79 Å². The van der Waals surface area contributed by atoms with Gasteiger partial charge in [-0.15, -0.1) is 0 Å². The summed E-state index contributed by atoms with van der Waals surface area (Å²) in [6.45, 7) is 1.67. The number of ketones is 1. The van der Waals surface area contributed by atoms with E-state index in [1.807, 2.05) is 0 Å². The van der Waals surface area contributed by atoms with Gasteiger partial charge in [-0.1, -0.05) is 66.7 Å². The Morgan fingerprint density at radius 1 is 0.783 bits per heavy atom. The van der Waals surface area contributed by atoms with E-state index < -0.39 is 0 Å². The lowest BCUT2D eigenvalue weighted by Gasteiger charge is -2.04. The zero-order valence-electron chi connectivity index (χ0n) is 13.2. The van der Waals surface area contributed by atoms with Crippen molar-refractivity contribution in [2.45, 2.75) is 19.8 Å². The van der Waals surface area contributed by atoms with Crippen molar-refractivity contribution < 1.29 is 4.79 Å². The first-order chi connectivity index (χ1) is 11.3. The van der Waals surface area contributed by atoms with E-state index in [-0.39, 0.29) is 5.78 Å². The Bertz CT molecular complexity index is 997. The molecule has 0 unspecified atom stereocenters. The summed E-state index contributed by atoms with van der Waals surface area (Å²) in [6.07, 6.45) is 1.39. The van der Waals surface area contributed by atoms with Crippen LogP contribution >= 0.6 is 0 Å². The van der Waals surface area contributed by atoms with Gasteiger partial charge in [0.1, 0.15) is 5.78 Å². The SMILES string of the molecule is CC(=O)CCc1c2cccccc-2c2ccc3ccccc3c12. The molecule has 112 valence electrons. The Morgan fingerprint density at radius 3 is 2.35 bits per heavy atom. The van der Waals surface area contributed by atoms with Crippen LogP contribution < -0.4 is 0 Å². The molecule has 0 amide bonds. The number of hydrogen-bond acceptors (Lipinski definition) is 1. The summed E-state index contributed by atoms with van der Waals surface area (Å²) in [6, 6.07) is 23.5. The molecule has 0 radical (unpaired) electrons. The molecule has 2 aromatic rings. The molecule has 2 aliphatic carbocycles. The first-order valence-electron chi connectivity index (χ1n) is 8.06. The minimum absolute atomic E-state index is 0.244. The third-order valence-electron chi connectivity index (χ3n) is 4.61. The van der Waals surface area contributed by atoms with E-state index in [1.165, 1.54) is 38.2 Å². The Balaban J connectivity index is 2.13. The molecule has 0 aliphatic heterocycles. The van der Waals surface area contributed by atoms with Crippen molar-refractivity contribution in [1.29, 1.82) is 0 Å². The second-order valence-electron chi connectivity index (χ2n) is 6.13. The van der Waals surface area contributed by atoms with E-state index in [0.29, 0.717) is 6.42 Å². The van der Waals surface area contributed by atoms with Crippen molar-refractivity contribution >= 4 is 27.3 Å². The van der Waals surface area contributed by atoms with E-state index in [1.54, 1.807) is 6.92 Å². The Labute approximate surface area is 135 Å². The van der Waals surface area contributed by atoms with Crippen LogP contribution in [0.3, 0.4) is 0 Å². The van der Waals surface area contributed by atoms with Gasteiger partial charge in [0.2, 0.25) is 0 Å². The molecule has 1 nitrogen and oxygen atoms in total. The largest absolute Gasteiger partial charge is 0.300 e. The molecule has 2 aromatic carbocycles. The third-order valence-corrected chi connectivity index (χ3v) is 4.61. The van der Waals surface area contributed by atoms with Crippen molar-refractivity contribution in [2.24, 2.45) is 0 Å². The quantitative estimate of drug-likeness (QED) is 0.480. The molecule has 0 saturated carbocycles. The minimum atomic E-state index is 0.244. The molecule has 0 fully saturated rings. The third kappa shape index (κ3) is 2.29. The van der Waals surface area contributed by atoms with Gasteiger partial charge in [-0.2, -0.15) is 0 Å². The van der Waals surface area contributed by atoms with Gasteiger partial charge in [-0.05, 0) is 51.6 Å². The number of benzene rings is 2. The fraction of sp³-hybridized carbons (Fsp3) is 0.136. The Morgan fingerprint density at radius 2 is 1.52 bits per heavy atom. The second kappa shape index (κ2) is 5.51. The van der Waals surface area contributed by atoms with Gasteiger partial charge in [0, 0.05) is 6.42 Å². The molecular weight excluding hydrogens is 280 g/mol. The highest BCUT2D eigenvalue weighted by atomic mass is 16.1. The lowest BCUT2D eigenvalue weighted by Crippen LogP contribution is -1.94. The summed E-state index contributed by atoms with van der Waals surface area (Å²) < 4.78 is 0. The van der Waals surface area contributed by atoms with Crippen LogP contribution in [0.15, 0.2) is 66.7 Å². The van der Waals surface area contributed by atoms with E-state index in [0.717, 1.165) is 6.42 Å². The van der Waals surface area contributed by atoms with Gasteiger partial charge in [-0.3, -0.25) is 0 Å². The average Bonchev–Trinajstić information content (AvgIpc) is 2.71. The lowest BCUT2D eigenvalue weighted by molar-refractivity contribution is -0.116. The first-order valence-corrected chi connectivity index (χ1v) is 8.06. The fourth-order valence-electron chi connectivity index (χ4n) is 3.56. The van der Waals surface area contributed by atoms with Gasteiger partial charge in [0.15, 0.2) is 0 Å². The standard InChI is InChI=1S/C22H18O/c1-15(23)11-13-20-18-9-3-2-4-10-19(18)21-14-12-16-7-5-6-8-17(16)22(20)21/h2-10,12,14H,11,13H2,1H3. The minimum Gasteiger partial charge on any atom is -0.300 e. The fourth-order valence-corrected chi connectivity index (χ4v) is 3.56. The van der Waals surface area contributed by atoms with Crippen LogP contribution in [0.25, 0.3) is 32.7 Å². The predicted octanol–water partition coefficient (Wildman–Crippen LogP) is 5.62. The molecule has 0 spiro atoms. The second-order valence-corrected chi connectivity index (χ2v) is 6.13. The molecule has 0 N–H and O–H groups in total. The molecule has 2 aliphatic rings. The summed E-state index contributed by atoms with van der Waals surface area (Å²) in [5, 5.41) is 5.13. The van der Waals surface area contributed by atoms with Crippen molar-refractivity contribution in [1.82, 2.24) is 0 Å². The highest BCUT2D eigenvalue weighted by molar-refractivity contribution is 6.18. The summed E-state index contributed by atoms with van der Waals surface area (Å²) in [5.41, 5.74) is 3.84. The molecule has 0 bridgehead atoms.